The van der Waals surface area contributed by atoms with E-state index in [0.717, 1.165) is 0 Å². The van der Waals surface area contributed by atoms with Crippen LogP contribution in [0.4, 0.5) is 0 Å². The van der Waals surface area contributed by atoms with Gasteiger partial charge in [0, 0.05) is 0 Å². The van der Waals surface area contributed by atoms with Crippen molar-refractivity contribution in [3.63, 3.8) is 0 Å². The molecule has 2 nitrogen and oxygen atoms in total. The summed E-state index contributed by atoms with van der Waals surface area (Å²) in [7, 11) is 1.81. The molecule has 23 valence electrons. The fourth-order valence-corrected chi connectivity index (χ4v) is 0. The van der Waals surface area contributed by atoms with Crippen molar-refractivity contribution in [3.05, 3.63) is 0 Å². The predicted molar refractivity (Wildman–Crippen MR) is 14.9 cm³/mol. The molecule has 0 aromatic heterocycles. The molecule has 0 spiro atoms. The standard InChI is InChI=1S/BHO2P/c1-4(2)3/h2H/q-2. The van der Waals surface area contributed by atoms with Gasteiger partial charge >= 0.3 is 0 Å². The van der Waals surface area contributed by atoms with Gasteiger partial charge in [-0.2, -0.15) is 0 Å². The summed E-state index contributed by atoms with van der Waals surface area (Å²) >= 11 is 0. The summed E-state index contributed by atoms with van der Waals surface area (Å²) in [4.78, 5) is 16.3. The summed E-state index contributed by atoms with van der Waals surface area (Å²) in [5, 5.41) is 0. The maximum Gasteiger partial charge on any atom is -0.362 e. The molecule has 0 aliphatic heterocycles. The second-order valence-corrected chi connectivity index (χ2v) is 0.908. The van der Waals surface area contributed by atoms with E-state index in [9.17, 15) is 0 Å². The lowest BCUT2D eigenvalue weighted by Gasteiger charge is -2.23. The average molecular weight is 74.8 g/mol. The zero-order valence-electron chi connectivity index (χ0n) is 1.88. The van der Waals surface area contributed by atoms with Crippen LogP contribution in [0, 0.1) is 0 Å². The molecule has 1 atom stereocenters. The fourth-order valence-electron chi connectivity index (χ4n) is 0. The molecule has 0 saturated heterocycles. The molecule has 4 heavy (non-hydrogen) atoms. The number of rotatable bonds is 0. The van der Waals surface area contributed by atoms with Crippen LogP contribution in [0.15, 0.2) is 0 Å². The second-order valence-electron chi connectivity index (χ2n) is 0.303. The SMILES string of the molecule is [B-]P([O-])O. The van der Waals surface area contributed by atoms with Crippen LogP contribution < -0.4 is 4.89 Å². The van der Waals surface area contributed by atoms with Gasteiger partial charge < -0.3 is 25.6 Å². The van der Waals surface area contributed by atoms with Gasteiger partial charge in [-0.25, -0.2) is 0 Å². The summed E-state index contributed by atoms with van der Waals surface area (Å²) in [6, 6.07) is 0. The normalized spacial score (nSPS) is 15.8. The van der Waals surface area contributed by atoms with E-state index in [1.807, 2.05) is 0 Å². The third-order valence-electron chi connectivity index (χ3n) is 0. The topological polar surface area (TPSA) is 43.3 Å². The Hall–Kier alpha value is 0.415. The van der Waals surface area contributed by atoms with E-state index in [1.54, 1.807) is 0 Å². The Balaban J connectivity index is 2.32. The molecule has 1 unspecified atom stereocenters. The van der Waals surface area contributed by atoms with Crippen molar-refractivity contribution in [2.45, 2.75) is 0 Å². The van der Waals surface area contributed by atoms with Crippen molar-refractivity contribution in [2.24, 2.45) is 0 Å². The molecule has 0 aliphatic rings. The van der Waals surface area contributed by atoms with Crippen LogP contribution in [-0.4, -0.2) is 12.5 Å². The fraction of sp³-hybridized carbons (Fsp3) is 0. The van der Waals surface area contributed by atoms with Crippen LogP contribution in [0.2, 0.25) is 0 Å². The lowest BCUT2D eigenvalue weighted by molar-refractivity contribution is -0.169. The highest BCUT2D eigenvalue weighted by Crippen LogP contribution is 2.02. The van der Waals surface area contributed by atoms with Crippen molar-refractivity contribution in [1.82, 2.24) is 0 Å². The Morgan fingerprint density at radius 1 is 2.00 bits per heavy atom. The predicted octanol–water partition coefficient (Wildman–Crippen LogP) is -1.27. The molecular formula is HBO2P-2. The molecule has 3 radical (unpaired) electrons. The van der Waals surface area contributed by atoms with E-state index < -0.39 is 8.25 Å². The first-order chi connectivity index (χ1) is 1.73. The smallest absolute Gasteiger partial charge is 0.362 e. The minimum Gasteiger partial charge on any atom is -0.844 e. The summed E-state index contributed by atoms with van der Waals surface area (Å²) in [5.74, 6) is 0. The monoisotopic (exact) mass is 75.0 g/mol. The van der Waals surface area contributed by atoms with E-state index in [-0.39, 0.29) is 0 Å². The van der Waals surface area contributed by atoms with Crippen molar-refractivity contribution in [3.8, 4) is 0 Å². The second kappa shape index (κ2) is 1.71. The van der Waals surface area contributed by atoms with Crippen LogP contribution in [0.25, 0.3) is 0 Å². The highest BCUT2D eigenvalue weighted by molar-refractivity contribution is 7.71. The minimum atomic E-state index is -2.37. The molecule has 0 aliphatic carbocycles. The van der Waals surface area contributed by atoms with Crippen molar-refractivity contribution in [1.29, 1.82) is 0 Å². The maximum atomic E-state index is 8.93. The van der Waals surface area contributed by atoms with Gasteiger partial charge in [0.05, 0.1) is 0 Å². The molecule has 0 bridgehead atoms. The van der Waals surface area contributed by atoms with Crippen LogP contribution in [0.1, 0.15) is 0 Å². The van der Waals surface area contributed by atoms with E-state index >= 15 is 0 Å². The zero-order valence-corrected chi connectivity index (χ0v) is 2.77. The molecule has 0 fully saturated rings. The largest absolute Gasteiger partial charge is 0.844 e. The molecule has 0 aromatic carbocycles. The Morgan fingerprint density at radius 3 is 2.00 bits per heavy atom. The van der Waals surface area contributed by atoms with Crippen LogP contribution in [0.5, 0.6) is 0 Å². The van der Waals surface area contributed by atoms with Gasteiger partial charge in [-0.1, -0.05) is 0 Å². The molecule has 0 rings (SSSR count). The van der Waals surface area contributed by atoms with Crippen molar-refractivity contribution >= 4 is 15.8 Å². The molecule has 4 heteroatoms. The van der Waals surface area contributed by atoms with Crippen LogP contribution in [0.3, 0.4) is 0 Å². The van der Waals surface area contributed by atoms with Gasteiger partial charge in [0.2, 0.25) is 0 Å². The molecule has 0 heterocycles. The molecule has 0 amide bonds. The van der Waals surface area contributed by atoms with Crippen LogP contribution in [-0.2, 0) is 0 Å². The van der Waals surface area contributed by atoms with Crippen molar-refractivity contribution < 1.29 is 9.79 Å². The number of hydrogen-bond donors (Lipinski definition) is 1. The molecule has 0 aromatic rings. The third-order valence-corrected chi connectivity index (χ3v) is 0. The van der Waals surface area contributed by atoms with Gasteiger partial charge in [-0.05, 0) is 0 Å². The Labute approximate surface area is 26.7 Å². The third kappa shape index (κ3) is 28.1. The highest BCUT2D eigenvalue weighted by Gasteiger charge is 1.26. The van der Waals surface area contributed by atoms with Gasteiger partial charge in [-0.3, -0.25) is 0 Å². The Bertz CT molecular complexity index is 10.8. The molecular weight excluding hydrogens is 73.8 g/mol. The summed E-state index contributed by atoms with van der Waals surface area (Å²) in [6.45, 7) is 0. The van der Waals surface area contributed by atoms with Gasteiger partial charge in [-0.15, -0.1) is 0 Å². The van der Waals surface area contributed by atoms with E-state index in [2.05, 4.69) is 7.57 Å². The molecule has 0 saturated carbocycles. The quantitative estimate of drug-likeness (QED) is 0.288. The maximum absolute atomic E-state index is 8.93. The molecule has 1 N–H and O–H groups in total. The Kier molecular flexibility index (Phi) is 1.88. The summed E-state index contributed by atoms with van der Waals surface area (Å²) in [6.07, 6.45) is 0. The van der Waals surface area contributed by atoms with Crippen molar-refractivity contribution in [2.75, 3.05) is 0 Å². The minimum absolute atomic E-state index is 2.37. The van der Waals surface area contributed by atoms with E-state index in [0.29, 0.717) is 0 Å². The van der Waals surface area contributed by atoms with Crippen LogP contribution >= 0.6 is 8.25 Å². The van der Waals surface area contributed by atoms with Gasteiger partial charge in [0.1, 0.15) is 0 Å². The van der Waals surface area contributed by atoms with E-state index in [4.69, 9.17) is 9.79 Å². The highest BCUT2D eigenvalue weighted by atomic mass is 31.2. The lowest BCUT2D eigenvalue weighted by Crippen LogP contribution is -1.88. The first-order valence-electron chi connectivity index (χ1n) is 0.641. The zero-order chi connectivity index (χ0) is 3.58. The summed E-state index contributed by atoms with van der Waals surface area (Å²) < 4.78 is 0. The van der Waals surface area contributed by atoms with Gasteiger partial charge in [0.25, 0.3) is 0 Å². The Morgan fingerprint density at radius 2 is 2.00 bits per heavy atom. The first kappa shape index (κ1) is 4.41. The number of hydrogen-bond acceptors (Lipinski definition) is 2. The summed E-state index contributed by atoms with van der Waals surface area (Å²) in [5.41, 5.74) is 0. The average Bonchev–Trinajstić information content (AvgIpc) is 0.811. The lowest BCUT2D eigenvalue weighted by atomic mass is 10.8. The van der Waals surface area contributed by atoms with E-state index in [1.165, 1.54) is 0 Å². The van der Waals surface area contributed by atoms with Gasteiger partial charge in [0.15, 0.2) is 0 Å². The first-order valence-corrected chi connectivity index (χ1v) is 1.92.